The Morgan fingerprint density at radius 3 is 2.69 bits per heavy atom. The Morgan fingerprint density at radius 1 is 1.50 bits per heavy atom. The van der Waals surface area contributed by atoms with Crippen LogP contribution in [-0.2, 0) is 4.79 Å². The molecule has 1 amide bonds. The summed E-state index contributed by atoms with van der Waals surface area (Å²) in [5, 5.41) is 5.38. The number of carbonyl (C=O) groups excluding carboxylic acids is 1. The Bertz CT molecular complexity index is 237. The molecule has 1 heterocycles. The van der Waals surface area contributed by atoms with Crippen molar-refractivity contribution in [3.63, 3.8) is 0 Å². The molecule has 94 valence electrons. The average molecular weight is 238 g/mol. The molecule has 1 aliphatic heterocycles. The lowest BCUT2D eigenvalue weighted by Gasteiger charge is -2.24. The van der Waals surface area contributed by atoms with Crippen molar-refractivity contribution in [1.82, 2.24) is 10.6 Å². The predicted octanol–water partition coefficient (Wildman–Crippen LogP) is 1.59. The molecule has 0 spiro atoms. The third-order valence-corrected chi connectivity index (χ3v) is 2.55. The van der Waals surface area contributed by atoms with E-state index in [0.29, 0.717) is 6.42 Å². The smallest absolute Gasteiger partial charge is 0.352 e. The van der Waals surface area contributed by atoms with E-state index < -0.39 is 18.6 Å². The van der Waals surface area contributed by atoms with Gasteiger partial charge in [0.25, 0.3) is 0 Å². The molecule has 0 bridgehead atoms. The summed E-state index contributed by atoms with van der Waals surface area (Å²) >= 11 is 0. The first-order chi connectivity index (χ1) is 7.38. The number of rotatable bonds is 3. The zero-order chi connectivity index (χ0) is 12.2. The van der Waals surface area contributed by atoms with Crippen LogP contribution in [0.5, 0.6) is 0 Å². The summed E-state index contributed by atoms with van der Waals surface area (Å²) < 4.78 is 36.1. The quantitative estimate of drug-likeness (QED) is 0.784. The summed E-state index contributed by atoms with van der Waals surface area (Å²) in [4.78, 5) is 11.6. The standard InChI is InChI=1S/C10H17F3N2O/c1-7(6-10(11,12)13)15-9(16)8-4-2-3-5-14-8/h7-8,14H,2-6H2,1H3,(H,15,16)/t7?,8-/m0/s1. The molecular formula is C10H17F3N2O. The van der Waals surface area contributed by atoms with Gasteiger partial charge in [0.15, 0.2) is 0 Å². The van der Waals surface area contributed by atoms with Crippen molar-refractivity contribution in [2.24, 2.45) is 0 Å². The van der Waals surface area contributed by atoms with Gasteiger partial charge in [-0.15, -0.1) is 0 Å². The van der Waals surface area contributed by atoms with E-state index in [0.717, 1.165) is 19.4 Å². The van der Waals surface area contributed by atoms with Crippen molar-refractivity contribution < 1.29 is 18.0 Å². The van der Waals surface area contributed by atoms with Crippen LogP contribution in [-0.4, -0.2) is 30.7 Å². The van der Waals surface area contributed by atoms with Crippen LogP contribution in [0.25, 0.3) is 0 Å². The zero-order valence-corrected chi connectivity index (χ0v) is 9.23. The van der Waals surface area contributed by atoms with E-state index in [-0.39, 0.29) is 11.9 Å². The predicted molar refractivity (Wildman–Crippen MR) is 53.9 cm³/mol. The Labute approximate surface area is 92.8 Å². The van der Waals surface area contributed by atoms with E-state index >= 15 is 0 Å². The molecule has 1 unspecified atom stereocenters. The van der Waals surface area contributed by atoms with Crippen LogP contribution in [0.3, 0.4) is 0 Å². The lowest BCUT2D eigenvalue weighted by molar-refractivity contribution is -0.141. The topological polar surface area (TPSA) is 41.1 Å². The molecule has 0 aliphatic carbocycles. The van der Waals surface area contributed by atoms with Crippen molar-refractivity contribution in [2.75, 3.05) is 6.54 Å². The van der Waals surface area contributed by atoms with Crippen molar-refractivity contribution >= 4 is 5.91 Å². The maximum Gasteiger partial charge on any atom is 0.391 e. The first-order valence-electron chi connectivity index (χ1n) is 5.49. The van der Waals surface area contributed by atoms with Crippen LogP contribution >= 0.6 is 0 Å². The van der Waals surface area contributed by atoms with E-state index in [1.807, 2.05) is 0 Å². The summed E-state index contributed by atoms with van der Waals surface area (Å²) in [6.45, 7) is 2.12. The van der Waals surface area contributed by atoms with Crippen molar-refractivity contribution in [2.45, 2.75) is 50.9 Å². The molecule has 2 atom stereocenters. The lowest BCUT2D eigenvalue weighted by atomic mass is 10.0. The Balaban J connectivity index is 2.32. The van der Waals surface area contributed by atoms with Gasteiger partial charge in [-0.25, -0.2) is 0 Å². The summed E-state index contributed by atoms with van der Waals surface area (Å²) in [6, 6.07) is -1.19. The molecular weight excluding hydrogens is 221 g/mol. The number of hydrogen-bond donors (Lipinski definition) is 2. The summed E-state index contributed by atoms with van der Waals surface area (Å²) in [5.74, 6) is -0.323. The highest BCUT2D eigenvalue weighted by molar-refractivity contribution is 5.82. The minimum atomic E-state index is -4.23. The third-order valence-electron chi connectivity index (χ3n) is 2.55. The molecule has 2 N–H and O–H groups in total. The minimum absolute atomic E-state index is 0.323. The number of hydrogen-bond acceptors (Lipinski definition) is 2. The summed E-state index contributed by atoms with van der Waals surface area (Å²) in [6.07, 6.45) is -2.55. The van der Waals surface area contributed by atoms with Gasteiger partial charge in [-0.3, -0.25) is 4.79 Å². The van der Waals surface area contributed by atoms with Gasteiger partial charge in [0.05, 0.1) is 12.5 Å². The van der Waals surface area contributed by atoms with Gasteiger partial charge in [-0.1, -0.05) is 6.42 Å². The fourth-order valence-corrected chi connectivity index (χ4v) is 1.82. The molecule has 0 aromatic heterocycles. The highest BCUT2D eigenvalue weighted by Crippen LogP contribution is 2.21. The molecule has 0 aromatic rings. The molecule has 6 heteroatoms. The van der Waals surface area contributed by atoms with Gasteiger partial charge in [0.1, 0.15) is 0 Å². The fourth-order valence-electron chi connectivity index (χ4n) is 1.82. The van der Waals surface area contributed by atoms with Crippen molar-refractivity contribution in [3.8, 4) is 0 Å². The monoisotopic (exact) mass is 238 g/mol. The molecule has 0 saturated carbocycles. The first-order valence-corrected chi connectivity index (χ1v) is 5.49. The zero-order valence-electron chi connectivity index (χ0n) is 9.23. The second-order valence-corrected chi connectivity index (χ2v) is 4.23. The molecule has 0 radical (unpaired) electrons. The highest BCUT2D eigenvalue weighted by Gasteiger charge is 2.31. The van der Waals surface area contributed by atoms with Gasteiger partial charge in [0.2, 0.25) is 5.91 Å². The second kappa shape index (κ2) is 5.52. The molecule has 0 aromatic carbocycles. The largest absolute Gasteiger partial charge is 0.391 e. The number of carbonyl (C=O) groups is 1. The molecule has 1 fully saturated rings. The van der Waals surface area contributed by atoms with Gasteiger partial charge >= 0.3 is 6.18 Å². The Kier molecular flexibility index (Phi) is 4.58. The third kappa shape index (κ3) is 4.83. The SMILES string of the molecule is CC(CC(F)(F)F)NC(=O)[C@@H]1CCCCN1. The number of halogens is 3. The fraction of sp³-hybridized carbons (Fsp3) is 0.900. The van der Waals surface area contributed by atoms with Crippen LogP contribution in [0, 0.1) is 0 Å². The number of alkyl halides is 3. The van der Waals surface area contributed by atoms with E-state index in [1.54, 1.807) is 0 Å². The summed E-state index contributed by atoms with van der Waals surface area (Å²) in [7, 11) is 0. The van der Waals surface area contributed by atoms with Gasteiger partial charge in [-0.2, -0.15) is 13.2 Å². The van der Waals surface area contributed by atoms with Crippen LogP contribution in [0.15, 0.2) is 0 Å². The molecule has 1 saturated heterocycles. The normalized spacial score (nSPS) is 23.9. The second-order valence-electron chi connectivity index (χ2n) is 4.23. The number of nitrogens with one attached hydrogen (secondary N) is 2. The summed E-state index contributed by atoms with van der Waals surface area (Å²) in [5.41, 5.74) is 0. The molecule has 3 nitrogen and oxygen atoms in total. The van der Waals surface area contributed by atoms with E-state index in [2.05, 4.69) is 10.6 Å². The number of amides is 1. The Hall–Kier alpha value is -0.780. The minimum Gasteiger partial charge on any atom is -0.352 e. The van der Waals surface area contributed by atoms with Gasteiger partial charge < -0.3 is 10.6 Å². The van der Waals surface area contributed by atoms with Crippen LogP contribution in [0.1, 0.15) is 32.6 Å². The highest BCUT2D eigenvalue weighted by atomic mass is 19.4. The molecule has 1 aliphatic rings. The van der Waals surface area contributed by atoms with E-state index in [1.165, 1.54) is 6.92 Å². The van der Waals surface area contributed by atoms with Crippen LogP contribution < -0.4 is 10.6 Å². The van der Waals surface area contributed by atoms with Crippen molar-refractivity contribution in [3.05, 3.63) is 0 Å². The van der Waals surface area contributed by atoms with E-state index in [9.17, 15) is 18.0 Å². The first kappa shape index (κ1) is 13.3. The van der Waals surface area contributed by atoms with Crippen LogP contribution in [0.2, 0.25) is 0 Å². The average Bonchev–Trinajstić information content (AvgIpc) is 2.16. The van der Waals surface area contributed by atoms with Gasteiger partial charge in [-0.05, 0) is 26.3 Å². The maximum absolute atomic E-state index is 12.0. The van der Waals surface area contributed by atoms with Crippen LogP contribution in [0.4, 0.5) is 13.2 Å². The lowest BCUT2D eigenvalue weighted by Crippen LogP contribution is -2.49. The van der Waals surface area contributed by atoms with Crippen molar-refractivity contribution in [1.29, 1.82) is 0 Å². The van der Waals surface area contributed by atoms with E-state index in [4.69, 9.17) is 0 Å². The number of piperidine rings is 1. The maximum atomic E-state index is 12.0. The van der Waals surface area contributed by atoms with Gasteiger partial charge in [0, 0.05) is 6.04 Å². The Morgan fingerprint density at radius 2 is 2.19 bits per heavy atom. The molecule has 16 heavy (non-hydrogen) atoms. The molecule has 1 rings (SSSR count).